The van der Waals surface area contributed by atoms with Gasteiger partial charge < -0.3 is 10.6 Å². The van der Waals surface area contributed by atoms with Gasteiger partial charge in [0.25, 0.3) is 0 Å². The van der Waals surface area contributed by atoms with Crippen LogP contribution in [0.4, 0.5) is 4.39 Å². The van der Waals surface area contributed by atoms with Crippen LogP contribution >= 0.6 is 12.2 Å². The third-order valence-electron chi connectivity index (χ3n) is 2.66. The molecule has 1 fully saturated rings. The Labute approximate surface area is 99.2 Å². The van der Waals surface area contributed by atoms with Crippen LogP contribution in [0.3, 0.4) is 0 Å². The summed E-state index contributed by atoms with van der Waals surface area (Å²) in [6.07, 6.45) is -1.40. The Balaban J connectivity index is 2.86. The lowest BCUT2D eigenvalue weighted by atomic mass is 10.0. The van der Waals surface area contributed by atoms with Crippen molar-refractivity contribution < 1.29 is 9.18 Å². The molecule has 2 unspecified atom stereocenters. The fourth-order valence-corrected chi connectivity index (χ4v) is 1.77. The maximum Gasteiger partial charge on any atom is 0.241 e. The highest BCUT2D eigenvalue weighted by atomic mass is 32.1. The Kier molecular flexibility index (Phi) is 3.94. The van der Waals surface area contributed by atoms with E-state index in [4.69, 9.17) is 23.2 Å². The number of carbonyl (C=O) groups excluding carboxylic acids is 1. The number of hydrogen-bond donors (Lipinski definition) is 1. The summed E-state index contributed by atoms with van der Waals surface area (Å²) in [7, 11) is 0. The number of nitrogens with zero attached hydrogens (tertiary/aromatic N) is 2. The molecule has 0 saturated carbocycles. The Morgan fingerprint density at radius 2 is 2.31 bits per heavy atom. The van der Waals surface area contributed by atoms with Crippen LogP contribution in [0.1, 0.15) is 13.8 Å². The standard InChI is InChI=1S/C10H14FN3OS/c1-5(2)8(13)10(15)14-4-6(11)9(16)7(14)3-12/h5-8H,4,13H2,1-2H3/t6?,7?,8-/m0/s1. The summed E-state index contributed by atoms with van der Waals surface area (Å²) in [5.41, 5.74) is 5.68. The number of thiocarbonyl (C=S) groups is 1. The van der Waals surface area contributed by atoms with Crippen molar-refractivity contribution in [1.82, 2.24) is 4.90 Å². The number of amides is 1. The molecule has 3 atom stereocenters. The number of nitriles is 1. The van der Waals surface area contributed by atoms with Gasteiger partial charge >= 0.3 is 0 Å². The number of rotatable bonds is 2. The normalized spacial score (nSPS) is 27.0. The minimum absolute atomic E-state index is 0.0215. The predicted octanol–water partition coefficient (Wildman–Crippen LogP) is 0.412. The Hall–Kier alpha value is -1.06. The van der Waals surface area contributed by atoms with Crippen molar-refractivity contribution in [2.24, 2.45) is 11.7 Å². The molecule has 6 heteroatoms. The molecule has 1 amide bonds. The summed E-state index contributed by atoms with van der Waals surface area (Å²) in [6.45, 7) is 3.44. The molecule has 0 bridgehead atoms. The molecule has 0 aromatic carbocycles. The van der Waals surface area contributed by atoms with E-state index in [1.165, 1.54) is 0 Å². The first-order valence-corrected chi connectivity index (χ1v) is 5.44. The molecule has 0 radical (unpaired) electrons. The highest BCUT2D eigenvalue weighted by Gasteiger charge is 2.42. The molecule has 1 heterocycles. The Morgan fingerprint density at radius 1 is 1.75 bits per heavy atom. The van der Waals surface area contributed by atoms with Crippen LogP contribution in [0.25, 0.3) is 0 Å². The van der Waals surface area contributed by atoms with Gasteiger partial charge in [0.1, 0.15) is 0 Å². The van der Waals surface area contributed by atoms with E-state index in [0.29, 0.717) is 0 Å². The van der Waals surface area contributed by atoms with E-state index in [0.717, 1.165) is 4.90 Å². The van der Waals surface area contributed by atoms with Crippen molar-refractivity contribution in [3.63, 3.8) is 0 Å². The zero-order valence-electron chi connectivity index (χ0n) is 9.18. The second kappa shape index (κ2) is 4.85. The minimum Gasteiger partial charge on any atom is -0.320 e. The second-order valence-electron chi connectivity index (χ2n) is 4.16. The number of alkyl halides is 1. The molecule has 0 aliphatic carbocycles. The molecule has 0 spiro atoms. The van der Waals surface area contributed by atoms with E-state index < -0.39 is 24.2 Å². The lowest BCUT2D eigenvalue weighted by Crippen LogP contribution is -2.48. The highest BCUT2D eigenvalue weighted by molar-refractivity contribution is 7.80. The molecular weight excluding hydrogens is 229 g/mol. The average molecular weight is 243 g/mol. The zero-order chi connectivity index (χ0) is 12.5. The summed E-state index contributed by atoms with van der Waals surface area (Å²) in [6, 6.07) is 0.162. The summed E-state index contributed by atoms with van der Waals surface area (Å²) >= 11 is 4.78. The van der Waals surface area contributed by atoms with Gasteiger partial charge in [-0.15, -0.1) is 0 Å². The van der Waals surface area contributed by atoms with Gasteiger partial charge in [0.15, 0.2) is 12.2 Å². The van der Waals surface area contributed by atoms with Gasteiger partial charge in [0.2, 0.25) is 5.91 Å². The molecule has 16 heavy (non-hydrogen) atoms. The Morgan fingerprint density at radius 3 is 2.75 bits per heavy atom. The van der Waals surface area contributed by atoms with E-state index in [2.05, 4.69) is 0 Å². The van der Waals surface area contributed by atoms with Crippen LogP contribution in [0.2, 0.25) is 0 Å². The second-order valence-corrected chi connectivity index (χ2v) is 4.63. The number of hydrogen-bond acceptors (Lipinski definition) is 4. The van der Waals surface area contributed by atoms with Crippen molar-refractivity contribution in [2.75, 3.05) is 6.54 Å². The van der Waals surface area contributed by atoms with Gasteiger partial charge in [-0.3, -0.25) is 4.79 Å². The van der Waals surface area contributed by atoms with Crippen LogP contribution in [-0.4, -0.2) is 40.5 Å². The smallest absolute Gasteiger partial charge is 0.241 e. The zero-order valence-corrected chi connectivity index (χ0v) is 10.00. The van der Waals surface area contributed by atoms with E-state index in [9.17, 15) is 9.18 Å². The van der Waals surface area contributed by atoms with Crippen molar-refractivity contribution in [2.45, 2.75) is 32.1 Å². The predicted molar refractivity (Wildman–Crippen MR) is 61.4 cm³/mol. The fraction of sp³-hybridized carbons (Fsp3) is 0.700. The number of halogens is 1. The van der Waals surface area contributed by atoms with Crippen molar-refractivity contribution >= 4 is 23.0 Å². The highest BCUT2D eigenvalue weighted by Crippen LogP contribution is 2.20. The first-order valence-electron chi connectivity index (χ1n) is 5.03. The lowest BCUT2D eigenvalue weighted by molar-refractivity contribution is -0.133. The third-order valence-corrected chi connectivity index (χ3v) is 3.13. The third kappa shape index (κ3) is 2.20. The van der Waals surface area contributed by atoms with Crippen molar-refractivity contribution in [3.8, 4) is 6.07 Å². The van der Waals surface area contributed by atoms with E-state index in [-0.39, 0.29) is 17.3 Å². The van der Waals surface area contributed by atoms with Crippen LogP contribution in [-0.2, 0) is 4.79 Å². The molecule has 88 valence electrons. The average Bonchev–Trinajstić information content (AvgIpc) is 2.53. The molecule has 0 aromatic heterocycles. The first-order chi connectivity index (χ1) is 7.40. The van der Waals surface area contributed by atoms with E-state index >= 15 is 0 Å². The lowest BCUT2D eigenvalue weighted by Gasteiger charge is -2.24. The maximum atomic E-state index is 13.3. The van der Waals surface area contributed by atoms with Crippen LogP contribution in [0.15, 0.2) is 0 Å². The molecular formula is C10H14FN3OS. The van der Waals surface area contributed by atoms with Crippen LogP contribution < -0.4 is 5.73 Å². The van der Waals surface area contributed by atoms with Gasteiger partial charge in [0.05, 0.1) is 23.5 Å². The fourth-order valence-electron chi connectivity index (χ4n) is 1.52. The van der Waals surface area contributed by atoms with E-state index in [1.54, 1.807) is 13.8 Å². The molecule has 2 N–H and O–H groups in total. The minimum atomic E-state index is -1.40. The van der Waals surface area contributed by atoms with Gasteiger partial charge in [-0.05, 0) is 5.92 Å². The van der Waals surface area contributed by atoms with Gasteiger partial charge in [-0.1, -0.05) is 26.1 Å². The molecule has 0 aromatic rings. The van der Waals surface area contributed by atoms with Gasteiger partial charge in [-0.25, -0.2) is 4.39 Å². The number of carbonyl (C=O) groups is 1. The molecule has 4 nitrogen and oxygen atoms in total. The summed E-state index contributed by atoms with van der Waals surface area (Å²) in [5.74, 6) is -0.469. The summed E-state index contributed by atoms with van der Waals surface area (Å²) in [4.78, 5) is 13.0. The monoisotopic (exact) mass is 243 g/mol. The maximum absolute atomic E-state index is 13.3. The molecule has 1 rings (SSSR count). The molecule has 1 aliphatic rings. The largest absolute Gasteiger partial charge is 0.320 e. The number of nitrogens with two attached hydrogens (primary N) is 1. The van der Waals surface area contributed by atoms with E-state index in [1.807, 2.05) is 6.07 Å². The summed E-state index contributed by atoms with van der Waals surface area (Å²) < 4.78 is 13.3. The quantitative estimate of drug-likeness (QED) is 0.713. The van der Waals surface area contributed by atoms with Gasteiger partial charge in [0, 0.05) is 0 Å². The van der Waals surface area contributed by atoms with Crippen molar-refractivity contribution in [3.05, 3.63) is 0 Å². The van der Waals surface area contributed by atoms with Crippen LogP contribution in [0.5, 0.6) is 0 Å². The topological polar surface area (TPSA) is 70.1 Å². The number of likely N-dealkylation sites (tertiary alicyclic amines) is 1. The Bertz CT molecular complexity index is 352. The molecule has 1 aliphatic heterocycles. The SMILES string of the molecule is CC(C)[C@H](N)C(=O)N1CC(F)C(=S)C1C#N. The first kappa shape index (κ1) is 13.0. The summed E-state index contributed by atoms with van der Waals surface area (Å²) in [5, 5.41) is 8.86. The van der Waals surface area contributed by atoms with Gasteiger partial charge in [-0.2, -0.15) is 5.26 Å². The van der Waals surface area contributed by atoms with Crippen molar-refractivity contribution in [1.29, 1.82) is 5.26 Å². The molecule has 1 saturated heterocycles. The van der Waals surface area contributed by atoms with Crippen LogP contribution in [0, 0.1) is 17.2 Å².